The summed E-state index contributed by atoms with van der Waals surface area (Å²) in [5.41, 5.74) is 0.655. The predicted octanol–water partition coefficient (Wildman–Crippen LogP) is 3.17. The summed E-state index contributed by atoms with van der Waals surface area (Å²) >= 11 is 0. The number of hydrogen-bond acceptors (Lipinski definition) is 13. The molecule has 3 N–H and O–H groups in total. The summed E-state index contributed by atoms with van der Waals surface area (Å²) in [6, 6.07) is 5.94. The van der Waals surface area contributed by atoms with Gasteiger partial charge in [0, 0.05) is 5.92 Å². The minimum absolute atomic E-state index is 0.0433. The lowest BCUT2D eigenvalue weighted by Gasteiger charge is -2.28. The number of esters is 4. The van der Waals surface area contributed by atoms with Crippen LogP contribution < -0.4 is 10.6 Å². The Hall–Kier alpha value is -4.53. The highest BCUT2D eigenvalue weighted by molar-refractivity contribution is 6.00. The Bertz CT molecular complexity index is 1320. The molecule has 0 fully saturated rings. The molecule has 0 radical (unpaired) electrons. The van der Waals surface area contributed by atoms with Crippen LogP contribution in [0.1, 0.15) is 86.6 Å². The summed E-state index contributed by atoms with van der Waals surface area (Å²) < 4.78 is 25.9. The second-order valence-electron chi connectivity index (χ2n) is 13.2. The first-order valence-electron chi connectivity index (χ1n) is 17.1. The Morgan fingerprint density at radius 1 is 0.765 bits per heavy atom. The number of rotatable bonds is 21. The van der Waals surface area contributed by atoms with Crippen LogP contribution in [0, 0.1) is 17.8 Å². The minimum Gasteiger partial charge on any atom is -0.469 e. The van der Waals surface area contributed by atoms with Gasteiger partial charge in [0.15, 0.2) is 30.1 Å². The Morgan fingerprint density at radius 2 is 1.37 bits per heavy atom. The van der Waals surface area contributed by atoms with Gasteiger partial charge in [0.1, 0.15) is 19.1 Å². The van der Waals surface area contributed by atoms with E-state index >= 15 is 0 Å². The maximum Gasteiger partial charge on any atom is 0.408 e. The third-order valence-electron chi connectivity index (χ3n) is 7.72. The van der Waals surface area contributed by atoms with E-state index in [-0.39, 0.29) is 31.3 Å². The largest absolute Gasteiger partial charge is 0.469 e. The van der Waals surface area contributed by atoms with Gasteiger partial charge in [-0.3, -0.25) is 14.4 Å². The fraction of sp³-hybridized carbons (Fsp3) is 0.639. The number of alkyl carbamates (subject to hydrolysis) is 1. The molecule has 286 valence electrons. The molecular weight excluding hydrogens is 668 g/mol. The number of carbonyl (C=O) groups excluding carboxylic acids is 7. The van der Waals surface area contributed by atoms with Crippen LogP contribution in [0.15, 0.2) is 30.3 Å². The molecule has 0 heterocycles. The summed E-state index contributed by atoms with van der Waals surface area (Å²) in [4.78, 5) is 89.7. The van der Waals surface area contributed by atoms with E-state index in [0.29, 0.717) is 12.0 Å². The van der Waals surface area contributed by atoms with Gasteiger partial charge in [-0.25, -0.2) is 19.2 Å². The summed E-state index contributed by atoms with van der Waals surface area (Å²) in [6.07, 6.45) is -6.87. The maximum absolute atomic E-state index is 13.4. The van der Waals surface area contributed by atoms with Crippen LogP contribution in [0.3, 0.4) is 0 Å². The Morgan fingerprint density at radius 3 is 1.92 bits per heavy atom. The molecule has 0 aliphatic heterocycles. The van der Waals surface area contributed by atoms with Gasteiger partial charge in [0.2, 0.25) is 0 Å². The molecule has 51 heavy (non-hydrogen) atoms. The molecule has 15 heteroatoms. The second kappa shape index (κ2) is 22.3. The molecule has 0 aliphatic rings. The number of nitrogens with one attached hydrogen (secondary N) is 2. The first-order chi connectivity index (χ1) is 23.9. The molecule has 7 unspecified atom stereocenters. The van der Waals surface area contributed by atoms with Crippen LogP contribution in [0.4, 0.5) is 4.79 Å². The molecule has 0 aromatic heterocycles. The fourth-order valence-corrected chi connectivity index (χ4v) is 4.62. The number of aliphatic hydroxyl groups excluding tert-OH is 1. The quantitative estimate of drug-likeness (QED) is 0.0947. The lowest BCUT2D eigenvalue weighted by molar-refractivity contribution is -0.178. The van der Waals surface area contributed by atoms with E-state index in [1.54, 1.807) is 58.0 Å². The average molecular weight is 723 g/mol. The van der Waals surface area contributed by atoms with Crippen molar-refractivity contribution >= 4 is 41.7 Å². The van der Waals surface area contributed by atoms with Crippen molar-refractivity contribution in [3.8, 4) is 0 Å². The molecule has 0 saturated heterocycles. The molecule has 1 rings (SSSR count). The minimum atomic E-state index is -1.69. The summed E-state index contributed by atoms with van der Waals surface area (Å²) in [6.45, 7) is 12.9. The molecule has 7 atom stereocenters. The van der Waals surface area contributed by atoms with Gasteiger partial charge in [-0.2, -0.15) is 0 Å². The Labute approximate surface area is 299 Å². The smallest absolute Gasteiger partial charge is 0.408 e. The van der Waals surface area contributed by atoms with Gasteiger partial charge in [0.25, 0.3) is 5.91 Å². The Balaban J connectivity index is 3.14. The van der Waals surface area contributed by atoms with Crippen LogP contribution in [0.5, 0.6) is 0 Å². The zero-order valence-electron chi connectivity index (χ0n) is 31.0. The summed E-state index contributed by atoms with van der Waals surface area (Å²) in [5.74, 6) is -6.13. The third-order valence-corrected chi connectivity index (χ3v) is 7.72. The molecule has 1 aromatic carbocycles. The Kier molecular flexibility index (Phi) is 19.5. The normalized spacial score (nSPS) is 15.2. The van der Waals surface area contributed by atoms with Crippen LogP contribution in [-0.4, -0.2) is 90.4 Å². The number of aliphatic hydroxyl groups is 1. The van der Waals surface area contributed by atoms with Crippen molar-refractivity contribution in [3.05, 3.63) is 35.9 Å². The first-order valence-corrected chi connectivity index (χ1v) is 17.1. The van der Waals surface area contributed by atoms with Gasteiger partial charge < -0.3 is 39.4 Å². The van der Waals surface area contributed by atoms with Crippen molar-refractivity contribution < 1.29 is 62.4 Å². The highest BCUT2D eigenvalue weighted by atomic mass is 16.6. The molecule has 0 spiro atoms. The molecule has 15 nitrogen and oxygen atoms in total. The molecule has 0 aliphatic carbocycles. The van der Waals surface area contributed by atoms with Crippen molar-refractivity contribution in [2.24, 2.45) is 17.8 Å². The van der Waals surface area contributed by atoms with Gasteiger partial charge >= 0.3 is 30.0 Å². The van der Waals surface area contributed by atoms with Gasteiger partial charge in [-0.05, 0) is 50.5 Å². The van der Waals surface area contributed by atoms with E-state index in [2.05, 4.69) is 15.4 Å². The number of carbonyl (C=O) groups is 7. The SMILES string of the molecule is CCC(C)C(OC(=O)C(C)OC(=O)C(NC(=O)OCc1ccccc1)C(C)OC(=O)C(O)CC(C)C)C(=O)NC(CC(C)C)C(=O)CC(=O)OC. The van der Waals surface area contributed by atoms with E-state index in [9.17, 15) is 38.7 Å². The second-order valence-corrected chi connectivity index (χ2v) is 13.2. The van der Waals surface area contributed by atoms with Gasteiger partial charge in [-0.1, -0.05) is 71.9 Å². The van der Waals surface area contributed by atoms with Crippen molar-refractivity contribution in [3.63, 3.8) is 0 Å². The van der Waals surface area contributed by atoms with Gasteiger partial charge in [-0.15, -0.1) is 0 Å². The third kappa shape index (κ3) is 16.4. The van der Waals surface area contributed by atoms with E-state index in [4.69, 9.17) is 18.9 Å². The maximum atomic E-state index is 13.4. The highest BCUT2D eigenvalue weighted by Crippen LogP contribution is 2.17. The lowest BCUT2D eigenvalue weighted by atomic mass is 9.96. The lowest BCUT2D eigenvalue weighted by Crippen LogP contribution is -2.52. The number of ether oxygens (including phenoxy) is 5. The van der Waals surface area contributed by atoms with Crippen LogP contribution in [0.2, 0.25) is 0 Å². The molecular formula is C36H54N2O13. The number of Topliss-reactive ketones (excluding diaryl/α,β-unsaturated/α-hetero) is 1. The van der Waals surface area contributed by atoms with Crippen molar-refractivity contribution in [2.75, 3.05) is 7.11 Å². The number of ketones is 1. The monoisotopic (exact) mass is 722 g/mol. The predicted molar refractivity (Wildman–Crippen MR) is 182 cm³/mol. The molecule has 1 aromatic rings. The zero-order chi connectivity index (χ0) is 38.8. The van der Waals surface area contributed by atoms with E-state index in [0.717, 1.165) is 7.11 Å². The van der Waals surface area contributed by atoms with E-state index in [1.165, 1.54) is 13.8 Å². The van der Waals surface area contributed by atoms with Crippen molar-refractivity contribution in [1.29, 1.82) is 0 Å². The summed E-state index contributed by atoms with van der Waals surface area (Å²) in [7, 11) is 1.14. The fourth-order valence-electron chi connectivity index (χ4n) is 4.62. The highest BCUT2D eigenvalue weighted by Gasteiger charge is 2.38. The first kappa shape index (κ1) is 44.5. The van der Waals surface area contributed by atoms with E-state index < -0.39 is 90.5 Å². The van der Waals surface area contributed by atoms with Crippen molar-refractivity contribution in [2.45, 2.75) is 124 Å². The van der Waals surface area contributed by atoms with E-state index in [1.807, 2.05) is 13.8 Å². The van der Waals surface area contributed by atoms with Crippen LogP contribution in [-0.2, 0) is 59.1 Å². The topological polar surface area (TPSA) is 210 Å². The summed E-state index contributed by atoms with van der Waals surface area (Å²) in [5, 5.41) is 15.1. The number of benzene rings is 1. The van der Waals surface area contributed by atoms with Gasteiger partial charge in [0.05, 0.1) is 13.2 Å². The number of methoxy groups -OCH3 is 1. The molecule has 2 amide bonds. The number of hydrogen-bond donors (Lipinski definition) is 3. The molecule has 0 saturated carbocycles. The van der Waals surface area contributed by atoms with Crippen LogP contribution >= 0.6 is 0 Å². The average Bonchev–Trinajstić information content (AvgIpc) is 3.07. The molecule has 0 bridgehead atoms. The van der Waals surface area contributed by atoms with Crippen molar-refractivity contribution in [1.82, 2.24) is 10.6 Å². The zero-order valence-corrected chi connectivity index (χ0v) is 31.0. The number of amides is 2. The standard InChI is InChI=1S/C36H54N2O13/c1-10-22(6)31(32(42)37-26(16-20(2)3)27(39)18-29(41)47-9)51-33(43)24(8)50-35(45)30(23(7)49-34(44)28(40)17-21(4)5)38-36(46)48-19-25-14-12-11-13-15-25/h11-15,20-24,26,28,30-31,40H,10,16-19H2,1-9H3,(H,37,42)(H,38,46). The van der Waals surface area contributed by atoms with Crippen LogP contribution in [0.25, 0.3) is 0 Å².